The molecule has 0 saturated carbocycles. The highest BCUT2D eigenvalue weighted by atomic mass is 35.5. The summed E-state index contributed by atoms with van der Waals surface area (Å²) in [5.41, 5.74) is -0.441. The van der Waals surface area contributed by atoms with Crippen LogP contribution >= 0.6 is 11.6 Å². The van der Waals surface area contributed by atoms with E-state index in [-0.39, 0.29) is 0 Å². The van der Waals surface area contributed by atoms with Gasteiger partial charge in [-0.15, -0.1) is 11.6 Å². The van der Waals surface area contributed by atoms with Crippen molar-refractivity contribution in [3.05, 3.63) is 0 Å². The zero-order chi connectivity index (χ0) is 5.98. The van der Waals surface area contributed by atoms with Gasteiger partial charge in [0.25, 0.3) is 0 Å². The first-order chi connectivity index (χ1) is 3.80. The molecular formula is C5H9ClFN. The van der Waals surface area contributed by atoms with Gasteiger partial charge in [-0.1, -0.05) is 0 Å². The van der Waals surface area contributed by atoms with Gasteiger partial charge in [-0.2, -0.15) is 0 Å². The van der Waals surface area contributed by atoms with Crippen LogP contribution in [0.5, 0.6) is 0 Å². The van der Waals surface area contributed by atoms with Crippen molar-refractivity contribution in [3.8, 4) is 0 Å². The summed E-state index contributed by atoms with van der Waals surface area (Å²) in [7, 11) is 0. The summed E-state index contributed by atoms with van der Waals surface area (Å²) in [6.07, 6.45) is 0.677. The summed E-state index contributed by atoms with van der Waals surface area (Å²) in [5, 5.41) is 2.82. The molecule has 48 valence electrons. The topological polar surface area (TPSA) is 12.0 Å². The first-order valence-electron chi connectivity index (χ1n) is 2.82. The molecule has 0 aliphatic carbocycles. The second-order valence-electron chi connectivity index (χ2n) is 2.01. The van der Waals surface area contributed by atoms with Gasteiger partial charge in [-0.25, -0.2) is 4.39 Å². The normalized spacial score (nSPS) is 39.8. The van der Waals surface area contributed by atoms with Gasteiger partial charge in [0.1, 0.15) is 11.7 Å². The van der Waals surface area contributed by atoms with Gasteiger partial charge in [0.2, 0.25) is 0 Å². The van der Waals surface area contributed by atoms with E-state index < -0.39 is 11.7 Å². The zero-order valence-electron chi connectivity index (χ0n) is 4.53. The highest BCUT2D eigenvalue weighted by molar-refractivity contribution is 6.20. The molecule has 8 heavy (non-hydrogen) atoms. The summed E-state index contributed by atoms with van der Waals surface area (Å²) in [6.45, 7) is 0.856. The summed E-state index contributed by atoms with van der Waals surface area (Å²) >= 11 is 5.48. The van der Waals surface area contributed by atoms with Gasteiger partial charge in [0, 0.05) is 0 Å². The third-order valence-electron chi connectivity index (χ3n) is 1.31. The Hall–Kier alpha value is 0.180. The molecule has 2 atom stereocenters. The maximum Gasteiger partial charge on any atom is 0.129 e. The Balaban J connectivity index is 2.28. The van der Waals surface area contributed by atoms with Gasteiger partial charge >= 0.3 is 0 Å². The molecule has 0 amide bonds. The average molecular weight is 138 g/mol. The van der Waals surface area contributed by atoms with Crippen molar-refractivity contribution in [2.45, 2.75) is 24.5 Å². The van der Waals surface area contributed by atoms with E-state index >= 15 is 0 Å². The number of hydrogen-bond donors (Lipinski definition) is 1. The molecule has 1 fully saturated rings. The van der Waals surface area contributed by atoms with Crippen LogP contribution in [0.25, 0.3) is 0 Å². The SMILES string of the molecule is FC1CCCNC1Cl. The number of halogens is 2. The van der Waals surface area contributed by atoms with Crippen molar-refractivity contribution in [2.24, 2.45) is 0 Å². The Morgan fingerprint density at radius 1 is 1.62 bits per heavy atom. The zero-order valence-corrected chi connectivity index (χ0v) is 5.29. The van der Waals surface area contributed by atoms with Crippen LogP contribution in [-0.4, -0.2) is 18.2 Å². The summed E-state index contributed by atoms with van der Waals surface area (Å²) < 4.78 is 12.4. The van der Waals surface area contributed by atoms with E-state index in [1.807, 2.05) is 0 Å². The van der Waals surface area contributed by atoms with Crippen molar-refractivity contribution >= 4 is 11.6 Å². The van der Waals surface area contributed by atoms with E-state index in [0.717, 1.165) is 13.0 Å². The van der Waals surface area contributed by atoms with Crippen LogP contribution in [0.15, 0.2) is 0 Å². The summed E-state index contributed by atoms with van der Waals surface area (Å²) in [5.74, 6) is 0. The van der Waals surface area contributed by atoms with Crippen LogP contribution in [0.3, 0.4) is 0 Å². The molecule has 1 aliphatic heterocycles. The highest BCUT2D eigenvalue weighted by Gasteiger charge is 2.20. The molecular weight excluding hydrogens is 129 g/mol. The monoisotopic (exact) mass is 137 g/mol. The van der Waals surface area contributed by atoms with E-state index in [4.69, 9.17) is 11.6 Å². The maximum atomic E-state index is 12.4. The molecule has 1 nitrogen and oxygen atoms in total. The number of alkyl halides is 2. The lowest BCUT2D eigenvalue weighted by Crippen LogP contribution is -2.38. The first kappa shape index (κ1) is 6.30. The Morgan fingerprint density at radius 2 is 2.38 bits per heavy atom. The lowest BCUT2D eigenvalue weighted by atomic mass is 10.1. The standard InChI is InChI=1S/C5H9ClFN/c6-5-4(7)2-1-3-8-5/h4-5,8H,1-3H2. The quantitative estimate of drug-likeness (QED) is 0.392. The third-order valence-corrected chi connectivity index (χ3v) is 1.74. The van der Waals surface area contributed by atoms with Crippen molar-refractivity contribution in [1.82, 2.24) is 5.32 Å². The second kappa shape index (κ2) is 2.65. The molecule has 0 bridgehead atoms. The molecule has 0 aromatic carbocycles. The molecule has 1 aliphatic rings. The Kier molecular flexibility index (Phi) is 2.08. The number of hydrogen-bond acceptors (Lipinski definition) is 1. The van der Waals surface area contributed by atoms with Crippen LogP contribution in [-0.2, 0) is 0 Å². The Labute approximate surface area is 53.2 Å². The van der Waals surface area contributed by atoms with Crippen LogP contribution in [0.4, 0.5) is 4.39 Å². The number of rotatable bonds is 0. The number of nitrogens with one attached hydrogen (secondary N) is 1. The fraction of sp³-hybridized carbons (Fsp3) is 1.00. The van der Waals surface area contributed by atoms with E-state index in [0.29, 0.717) is 6.42 Å². The first-order valence-corrected chi connectivity index (χ1v) is 3.26. The molecule has 0 spiro atoms. The van der Waals surface area contributed by atoms with Crippen LogP contribution in [0.1, 0.15) is 12.8 Å². The summed E-state index contributed by atoms with van der Waals surface area (Å²) in [4.78, 5) is 0. The van der Waals surface area contributed by atoms with Gasteiger partial charge in [0.05, 0.1) is 0 Å². The van der Waals surface area contributed by atoms with Crippen LogP contribution in [0.2, 0.25) is 0 Å². The minimum Gasteiger partial charge on any atom is -0.299 e. The average Bonchev–Trinajstić information content (AvgIpc) is 1.77. The smallest absolute Gasteiger partial charge is 0.129 e. The third kappa shape index (κ3) is 1.33. The van der Waals surface area contributed by atoms with Crippen molar-refractivity contribution < 1.29 is 4.39 Å². The van der Waals surface area contributed by atoms with Crippen molar-refractivity contribution in [1.29, 1.82) is 0 Å². The molecule has 0 aromatic heterocycles. The molecule has 0 aromatic rings. The highest BCUT2D eigenvalue weighted by Crippen LogP contribution is 2.14. The summed E-state index contributed by atoms with van der Waals surface area (Å²) in [6, 6.07) is 0. The minimum absolute atomic E-state index is 0.441. The van der Waals surface area contributed by atoms with E-state index in [1.54, 1.807) is 0 Å². The van der Waals surface area contributed by atoms with E-state index in [1.165, 1.54) is 0 Å². The maximum absolute atomic E-state index is 12.4. The van der Waals surface area contributed by atoms with Crippen LogP contribution in [0, 0.1) is 0 Å². The van der Waals surface area contributed by atoms with Gasteiger partial charge in [0.15, 0.2) is 0 Å². The predicted molar refractivity (Wildman–Crippen MR) is 31.8 cm³/mol. The minimum atomic E-state index is -0.842. The molecule has 1 rings (SSSR count). The fourth-order valence-corrected chi connectivity index (χ4v) is 1.05. The van der Waals surface area contributed by atoms with Crippen molar-refractivity contribution in [2.75, 3.05) is 6.54 Å². The van der Waals surface area contributed by atoms with Crippen LogP contribution < -0.4 is 5.32 Å². The molecule has 1 heterocycles. The molecule has 0 radical (unpaired) electrons. The van der Waals surface area contributed by atoms with Gasteiger partial charge in [-0.3, -0.25) is 5.32 Å². The van der Waals surface area contributed by atoms with E-state index in [2.05, 4.69) is 5.32 Å². The Morgan fingerprint density at radius 3 is 2.75 bits per heavy atom. The molecule has 2 unspecified atom stereocenters. The predicted octanol–water partition coefficient (Wildman–Crippen LogP) is 1.27. The van der Waals surface area contributed by atoms with Gasteiger partial charge in [-0.05, 0) is 19.4 Å². The lowest BCUT2D eigenvalue weighted by molar-refractivity contribution is 0.245. The molecule has 1 N–H and O–H groups in total. The number of piperidine rings is 1. The van der Waals surface area contributed by atoms with Crippen molar-refractivity contribution in [3.63, 3.8) is 0 Å². The Bertz CT molecular complexity index is 68.8. The second-order valence-corrected chi connectivity index (χ2v) is 2.48. The van der Waals surface area contributed by atoms with Gasteiger partial charge < -0.3 is 0 Å². The fourth-order valence-electron chi connectivity index (χ4n) is 0.811. The largest absolute Gasteiger partial charge is 0.299 e. The molecule has 1 saturated heterocycles. The van der Waals surface area contributed by atoms with E-state index in [9.17, 15) is 4.39 Å². The molecule has 3 heteroatoms. The lowest BCUT2D eigenvalue weighted by Gasteiger charge is -2.21.